The summed E-state index contributed by atoms with van der Waals surface area (Å²) in [7, 11) is 0. The molecule has 3 heterocycles. The van der Waals surface area contributed by atoms with E-state index < -0.39 is 0 Å². The van der Waals surface area contributed by atoms with Crippen molar-refractivity contribution in [3.63, 3.8) is 0 Å². The summed E-state index contributed by atoms with van der Waals surface area (Å²) in [5, 5.41) is 0. The molecule has 0 radical (unpaired) electrons. The summed E-state index contributed by atoms with van der Waals surface area (Å²) < 4.78 is 5.50. The van der Waals surface area contributed by atoms with Gasteiger partial charge in [0.1, 0.15) is 5.76 Å². The first-order valence-corrected chi connectivity index (χ1v) is 10.7. The van der Waals surface area contributed by atoms with Crippen LogP contribution < -0.4 is 0 Å². The summed E-state index contributed by atoms with van der Waals surface area (Å²) >= 11 is 0. The standard InChI is InChI=1S/C24H26N4O2/c1-16(2)20-19(26-15-30-20)23(29)28-12-6-10-24(14-28)11-9-18-13-25-22(27-21(18)24)17-7-4-3-5-8-17/h3-5,7-8,13,15-16H,6,9-12,14H2,1-2H3. The van der Waals surface area contributed by atoms with Crippen LogP contribution in [0.3, 0.4) is 0 Å². The van der Waals surface area contributed by atoms with Gasteiger partial charge in [0.15, 0.2) is 17.9 Å². The predicted octanol–water partition coefficient (Wildman–Crippen LogP) is 4.38. The number of rotatable bonds is 3. The van der Waals surface area contributed by atoms with Crippen molar-refractivity contribution in [2.75, 3.05) is 13.1 Å². The van der Waals surface area contributed by atoms with E-state index in [1.807, 2.05) is 55.3 Å². The highest BCUT2D eigenvalue weighted by Crippen LogP contribution is 2.44. The molecular weight excluding hydrogens is 376 g/mol. The maximum atomic E-state index is 13.3. The molecule has 1 aromatic carbocycles. The van der Waals surface area contributed by atoms with Crippen molar-refractivity contribution in [3.8, 4) is 11.4 Å². The van der Waals surface area contributed by atoms with E-state index in [1.54, 1.807) is 0 Å². The SMILES string of the molecule is CC(C)c1ocnc1C(=O)N1CCCC2(CCc3cnc(-c4ccccc4)nc32)C1. The van der Waals surface area contributed by atoms with E-state index in [4.69, 9.17) is 9.40 Å². The van der Waals surface area contributed by atoms with Gasteiger partial charge < -0.3 is 9.32 Å². The average Bonchev–Trinajstić information content (AvgIpc) is 3.40. The van der Waals surface area contributed by atoms with E-state index in [1.165, 1.54) is 12.0 Å². The van der Waals surface area contributed by atoms with Gasteiger partial charge in [0.2, 0.25) is 0 Å². The van der Waals surface area contributed by atoms with E-state index in [-0.39, 0.29) is 17.2 Å². The number of hydrogen-bond acceptors (Lipinski definition) is 5. The molecule has 6 heteroatoms. The number of fused-ring (bicyclic) bond motifs is 2. The summed E-state index contributed by atoms with van der Waals surface area (Å²) in [5.41, 5.74) is 3.71. The van der Waals surface area contributed by atoms with E-state index in [9.17, 15) is 4.79 Å². The molecule has 6 nitrogen and oxygen atoms in total. The van der Waals surface area contributed by atoms with Crippen LogP contribution in [0.25, 0.3) is 11.4 Å². The Morgan fingerprint density at radius 2 is 2.00 bits per heavy atom. The highest BCUT2D eigenvalue weighted by atomic mass is 16.3. The number of likely N-dealkylation sites (tertiary alicyclic amines) is 1. The first-order valence-electron chi connectivity index (χ1n) is 10.7. The van der Waals surface area contributed by atoms with Gasteiger partial charge in [0, 0.05) is 36.2 Å². The van der Waals surface area contributed by atoms with E-state index in [0.29, 0.717) is 18.0 Å². The quantitative estimate of drug-likeness (QED) is 0.650. The first kappa shape index (κ1) is 19.0. The number of amides is 1. The van der Waals surface area contributed by atoms with Crippen molar-refractivity contribution in [1.82, 2.24) is 19.9 Å². The third-order valence-electron chi connectivity index (χ3n) is 6.46. The van der Waals surface area contributed by atoms with Crippen LogP contribution in [0.15, 0.2) is 47.3 Å². The van der Waals surface area contributed by atoms with E-state index in [0.717, 1.165) is 49.3 Å². The average molecular weight is 402 g/mol. The number of carbonyl (C=O) groups is 1. The van der Waals surface area contributed by atoms with Gasteiger partial charge in [-0.1, -0.05) is 44.2 Å². The van der Waals surface area contributed by atoms with Crippen LogP contribution >= 0.6 is 0 Å². The molecule has 2 aliphatic rings. The molecule has 1 spiro atoms. The number of hydrogen-bond donors (Lipinski definition) is 0. The summed E-state index contributed by atoms with van der Waals surface area (Å²) in [6.45, 7) is 5.46. The predicted molar refractivity (Wildman–Crippen MR) is 113 cm³/mol. The Labute approximate surface area is 176 Å². The van der Waals surface area contributed by atoms with Crippen LogP contribution in [0.5, 0.6) is 0 Å². The Kier molecular flexibility index (Phi) is 4.65. The van der Waals surface area contributed by atoms with Gasteiger partial charge in [0.05, 0.1) is 5.69 Å². The Balaban J connectivity index is 1.47. The molecule has 1 atom stereocenters. The molecule has 1 aliphatic carbocycles. The second-order valence-corrected chi connectivity index (χ2v) is 8.76. The lowest BCUT2D eigenvalue weighted by atomic mass is 9.77. The minimum Gasteiger partial charge on any atom is -0.447 e. The van der Waals surface area contributed by atoms with Gasteiger partial charge in [-0.2, -0.15) is 0 Å². The minimum absolute atomic E-state index is 0.0303. The molecular formula is C24H26N4O2. The highest BCUT2D eigenvalue weighted by Gasteiger charge is 2.45. The lowest BCUT2D eigenvalue weighted by Crippen LogP contribution is -2.48. The van der Waals surface area contributed by atoms with Gasteiger partial charge in [0.25, 0.3) is 5.91 Å². The van der Waals surface area contributed by atoms with Crippen molar-refractivity contribution in [3.05, 3.63) is 65.6 Å². The van der Waals surface area contributed by atoms with Gasteiger partial charge >= 0.3 is 0 Å². The number of carbonyl (C=O) groups excluding carboxylic acids is 1. The third kappa shape index (κ3) is 3.11. The van der Waals surface area contributed by atoms with Crippen LogP contribution in [0, 0.1) is 0 Å². The normalized spacial score (nSPS) is 20.7. The van der Waals surface area contributed by atoms with E-state index >= 15 is 0 Å². The second-order valence-electron chi connectivity index (χ2n) is 8.76. The maximum absolute atomic E-state index is 13.3. The molecule has 0 bridgehead atoms. The lowest BCUT2D eigenvalue weighted by Gasteiger charge is -2.40. The molecule has 3 aromatic rings. The lowest BCUT2D eigenvalue weighted by molar-refractivity contribution is 0.0625. The van der Waals surface area contributed by atoms with E-state index in [2.05, 4.69) is 9.97 Å². The van der Waals surface area contributed by atoms with Crippen molar-refractivity contribution in [1.29, 1.82) is 0 Å². The number of nitrogens with zero attached hydrogens (tertiary/aromatic N) is 4. The Bertz CT molecular complexity index is 1070. The van der Waals surface area contributed by atoms with Crippen LogP contribution in [-0.4, -0.2) is 38.8 Å². The van der Waals surface area contributed by atoms with Gasteiger partial charge in [-0.25, -0.2) is 15.0 Å². The van der Waals surface area contributed by atoms with Crippen molar-refractivity contribution >= 4 is 5.91 Å². The molecule has 5 rings (SSSR count). The van der Waals surface area contributed by atoms with Crippen LogP contribution in [0.1, 0.15) is 66.5 Å². The summed E-state index contributed by atoms with van der Waals surface area (Å²) in [6.07, 6.45) is 7.35. The van der Waals surface area contributed by atoms with Gasteiger partial charge in [-0.3, -0.25) is 4.79 Å². The molecule has 1 amide bonds. The second kappa shape index (κ2) is 7.35. The number of aryl methyl sites for hydroxylation is 1. The zero-order chi connectivity index (χ0) is 20.7. The first-order chi connectivity index (χ1) is 14.6. The maximum Gasteiger partial charge on any atom is 0.276 e. The highest BCUT2D eigenvalue weighted by molar-refractivity contribution is 5.93. The third-order valence-corrected chi connectivity index (χ3v) is 6.46. The van der Waals surface area contributed by atoms with Gasteiger partial charge in [-0.05, 0) is 31.2 Å². The zero-order valence-corrected chi connectivity index (χ0v) is 17.5. The van der Waals surface area contributed by atoms with Crippen molar-refractivity contribution < 1.29 is 9.21 Å². The fraction of sp³-hybridized carbons (Fsp3) is 0.417. The molecule has 30 heavy (non-hydrogen) atoms. The summed E-state index contributed by atoms with van der Waals surface area (Å²) in [6, 6.07) is 10.1. The Morgan fingerprint density at radius 3 is 2.80 bits per heavy atom. The molecule has 1 saturated heterocycles. The monoisotopic (exact) mass is 402 g/mol. The van der Waals surface area contributed by atoms with Crippen molar-refractivity contribution in [2.24, 2.45) is 0 Å². The largest absolute Gasteiger partial charge is 0.447 e. The molecule has 0 saturated carbocycles. The van der Waals surface area contributed by atoms with Crippen LogP contribution in [-0.2, 0) is 11.8 Å². The molecule has 1 aliphatic heterocycles. The van der Waals surface area contributed by atoms with Gasteiger partial charge in [-0.15, -0.1) is 0 Å². The number of aromatic nitrogens is 3. The number of benzene rings is 1. The summed E-state index contributed by atoms with van der Waals surface area (Å²) in [4.78, 5) is 29.1. The fourth-order valence-electron chi connectivity index (χ4n) is 4.95. The minimum atomic E-state index is -0.0998. The molecule has 154 valence electrons. The zero-order valence-electron chi connectivity index (χ0n) is 17.5. The van der Waals surface area contributed by atoms with Crippen LogP contribution in [0.2, 0.25) is 0 Å². The number of oxazole rings is 1. The Hall–Kier alpha value is -3.02. The molecule has 2 aromatic heterocycles. The summed E-state index contributed by atoms with van der Waals surface area (Å²) in [5.74, 6) is 1.52. The van der Waals surface area contributed by atoms with Crippen LogP contribution in [0.4, 0.5) is 0 Å². The molecule has 1 unspecified atom stereocenters. The topological polar surface area (TPSA) is 72.1 Å². The molecule has 1 fully saturated rings. The fourth-order valence-corrected chi connectivity index (χ4v) is 4.95. The smallest absolute Gasteiger partial charge is 0.276 e. The molecule has 0 N–H and O–H groups in total. The van der Waals surface area contributed by atoms with Crippen molar-refractivity contribution in [2.45, 2.75) is 50.9 Å². The Morgan fingerprint density at radius 1 is 1.17 bits per heavy atom. The number of piperidine rings is 1.